The molecule has 0 bridgehead atoms. The summed E-state index contributed by atoms with van der Waals surface area (Å²) in [5.74, 6) is 0. The molecule has 0 radical (unpaired) electrons. The summed E-state index contributed by atoms with van der Waals surface area (Å²) in [6.45, 7) is 8.50. The Morgan fingerprint density at radius 2 is 1.69 bits per heavy atom. The molecule has 2 heteroatoms. The van der Waals surface area contributed by atoms with Crippen molar-refractivity contribution < 1.29 is 0 Å². The maximum atomic E-state index is 4.63. The van der Waals surface area contributed by atoms with Crippen molar-refractivity contribution in [2.75, 3.05) is 0 Å². The largest absolute Gasteiger partial charge is 0.269 e. The van der Waals surface area contributed by atoms with E-state index in [4.69, 9.17) is 0 Å². The van der Waals surface area contributed by atoms with Gasteiger partial charge in [-0.05, 0) is 33.3 Å². The highest BCUT2D eigenvalue weighted by Crippen LogP contribution is 2.22. The molecule has 2 rings (SSSR count). The van der Waals surface area contributed by atoms with Crippen LogP contribution in [0.1, 0.15) is 31.0 Å². The van der Waals surface area contributed by atoms with E-state index < -0.39 is 0 Å². The van der Waals surface area contributed by atoms with E-state index in [1.54, 1.807) is 0 Å². The second-order valence-corrected chi connectivity index (χ2v) is 4.60. The first-order valence-electron chi connectivity index (χ1n) is 5.70. The summed E-state index contributed by atoms with van der Waals surface area (Å²) in [6.07, 6.45) is 2.11. The van der Waals surface area contributed by atoms with Crippen LogP contribution >= 0.6 is 0 Å². The summed E-state index contributed by atoms with van der Waals surface area (Å²) < 4.78 is 2.02. The fraction of sp³-hybridized carbons (Fsp3) is 0.357. The lowest BCUT2D eigenvalue weighted by atomic mass is 10.1. The average molecular weight is 214 g/mol. The van der Waals surface area contributed by atoms with Crippen LogP contribution in [0.2, 0.25) is 0 Å². The molecule has 1 heterocycles. The van der Waals surface area contributed by atoms with Gasteiger partial charge in [-0.2, -0.15) is 5.10 Å². The normalized spacial score (nSPS) is 11.1. The summed E-state index contributed by atoms with van der Waals surface area (Å²) in [7, 11) is 0. The van der Waals surface area contributed by atoms with E-state index in [0.29, 0.717) is 6.04 Å². The molecule has 0 aliphatic rings. The van der Waals surface area contributed by atoms with Crippen LogP contribution in [-0.2, 0) is 0 Å². The van der Waals surface area contributed by atoms with Crippen molar-refractivity contribution >= 4 is 0 Å². The topological polar surface area (TPSA) is 17.8 Å². The Balaban J connectivity index is 2.44. The van der Waals surface area contributed by atoms with Gasteiger partial charge < -0.3 is 0 Å². The van der Waals surface area contributed by atoms with Gasteiger partial charge in [-0.3, -0.25) is 4.68 Å². The Labute approximate surface area is 96.9 Å². The van der Waals surface area contributed by atoms with Crippen LogP contribution in [0, 0.1) is 13.8 Å². The molecule has 2 nitrogen and oxygen atoms in total. The van der Waals surface area contributed by atoms with E-state index >= 15 is 0 Å². The number of rotatable bonds is 2. The molecule has 1 aromatic carbocycles. The zero-order valence-corrected chi connectivity index (χ0v) is 10.4. The SMILES string of the molecule is Cc1ccc(-c2nn(C(C)C)cc2C)cc1. The molecule has 0 N–H and O–H groups in total. The summed E-state index contributed by atoms with van der Waals surface area (Å²) in [5.41, 5.74) is 4.80. The van der Waals surface area contributed by atoms with Crippen LogP contribution in [-0.4, -0.2) is 9.78 Å². The van der Waals surface area contributed by atoms with Crippen molar-refractivity contribution in [1.29, 1.82) is 0 Å². The Morgan fingerprint density at radius 3 is 2.19 bits per heavy atom. The van der Waals surface area contributed by atoms with Crippen LogP contribution in [0.5, 0.6) is 0 Å². The van der Waals surface area contributed by atoms with Gasteiger partial charge in [0.2, 0.25) is 0 Å². The van der Waals surface area contributed by atoms with E-state index in [1.165, 1.54) is 16.7 Å². The smallest absolute Gasteiger partial charge is 0.0952 e. The number of aromatic nitrogens is 2. The van der Waals surface area contributed by atoms with Gasteiger partial charge in [0.25, 0.3) is 0 Å². The first-order valence-corrected chi connectivity index (χ1v) is 5.70. The molecule has 1 aromatic heterocycles. The minimum Gasteiger partial charge on any atom is -0.269 e. The van der Waals surface area contributed by atoms with Crippen LogP contribution in [0.4, 0.5) is 0 Å². The standard InChI is InChI=1S/C14H18N2/c1-10(2)16-9-12(4)14(15-16)13-7-5-11(3)6-8-13/h5-10H,1-4H3. The Kier molecular flexibility index (Phi) is 2.82. The fourth-order valence-electron chi connectivity index (χ4n) is 1.74. The first kappa shape index (κ1) is 10.9. The van der Waals surface area contributed by atoms with Crippen LogP contribution in [0.15, 0.2) is 30.5 Å². The molecule has 0 saturated heterocycles. The highest BCUT2D eigenvalue weighted by atomic mass is 15.3. The van der Waals surface area contributed by atoms with E-state index in [2.05, 4.69) is 63.3 Å². The highest BCUT2D eigenvalue weighted by Gasteiger charge is 2.08. The lowest BCUT2D eigenvalue weighted by Gasteiger charge is -2.03. The number of benzene rings is 1. The van der Waals surface area contributed by atoms with E-state index in [-0.39, 0.29) is 0 Å². The molecule has 0 aliphatic heterocycles. The van der Waals surface area contributed by atoms with Crippen LogP contribution in [0.25, 0.3) is 11.3 Å². The van der Waals surface area contributed by atoms with Crippen molar-refractivity contribution in [1.82, 2.24) is 9.78 Å². The summed E-state index contributed by atoms with van der Waals surface area (Å²) in [4.78, 5) is 0. The minimum atomic E-state index is 0.415. The monoisotopic (exact) mass is 214 g/mol. The quantitative estimate of drug-likeness (QED) is 0.744. The molecule has 0 aliphatic carbocycles. The van der Waals surface area contributed by atoms with Gasteiger partial charge >= 0.3 is 0 Å². The van der Waals surface area contributed by atoms with Crippen molar-refractivity contribution in [3.05, 3.63) is 41.6 Å². The number of hydrogen-bond acceptors (Lipinski definition) is 1. The molecular formula is C14H18N2. The fourth-order valence-corrected chi connectivity index (χ4v) is 1.74. The maximum absolute atomic E-state index is 4.63. The van der Waals surface area contributed by atoms with Gasteiger partial charge in [0, 0.05) is 17.8 Å². The molecular weight excluding hydrogens is 196 g/mol. The minimum absolute atomic E-state index is 0.415. The third kappa shape index (κ3) is 2.01. The van der Waals surface area contributed by atoms with E-state index in [1.807, 2.05) is 4.68 Å². The predicted molar refractivity (Wildman–Crippen MR) is 67.5 cm³/mol. The number of aryl methyl sites for hydroxylation is 2. The molecule has 0 spiro atoms. The lowest BCUT2D eigenvalue weighted by Crippen LogP contribution is -2.00. The van der Waals surface area contributed by atoms with Crippen LogP contribution in [0.3, 0.4) is 0 Å². The Hall–Kier alpha value is -1.57. The maximum Gasteiger partial charge on any atom is 0.0952 e. The molecule has 0 amide bonds. The lowest BCUT2D eigenvalue weighted by molar-refractivity contribution is 0.533. The van der Waals surface area contributed by atoms with Crippen LogP contribution < -0.4 is 0 Å². The second-order valence-electron chi connectivity index (χ2n) is 4.60. The summed E-state index contributed by atoms with van der Waals surface area (Å²) >= 11 is 0. The molecule has 16 heavy (non-hydrogen) atoms. The molecule has 0 atom stereocenters. The second kappa shape index (κ2) is 4.12. The van der Waals surface area contributed by atoms with E-state index in [0.717, 1.165) is 5.69 Å². The molecule has 84 valence electrons. The van der Waals surface area contributed by atoms with Gasteiger partial charge in [-0.15, -0.1) is 0 Å². The number of nitrogens with zero attached hydrogens (tertiary/aromatic N) is 2. The molecule has 0 fully saturated rings. The van der Waals surface area contributed by atoms with Crippen molar-refractivity contribution in [3.8, 4) is 11.3 Å². The summed E-state index contributed by atoms with van der Waals surface area (Å²) in [5, 5.41) is 4.63. The predicted octanol–water partition coefficient (Wildman–Crippen LogP) is 3.75. The zero-order valence-electron chi connectivity index (χ0n) is 10.4. The average Bonchev–Trinajstić information content (AvgIpc) is 2.62. The van der Waals surface area contributed by atoms with Gasteiger partial charge in [0.15, 0.2) is 0 Å². The third-order valence-electron chi connectivity index (χ3n) is 2.77. The van der Waals surface area contributed by atoms with Crippen molar-refractivity contribution in [3.63, 3.8) is 0 Å². The molecule has 2 aromatic rings. The first-order chi connectivity index (χ1) is 7.58. The Morgan fingerprint density at radius 1 is 1.06 bits per heavy atom. The zero-order chi connectivity index (χ0) is 11.7. The molecule has 0 saturated carbocycles. The van der Waals surface area contributed by atoms with Gasteiger partial charge in [-0.25, -0.2) is 0 Å². The number of hydrogen-bond donors (Lipinski definition) is 0. The van der Waals surface area contributed by atoms with Gasteiger partial charge in [0.1, 0.15) is 0 Å². The van der Waals surface area contributed by atoms with Gasteiger partial charge in [0.05, 0.1) is 5.69 Å². The van der Waals surface area contributed by atoms with Gasteiger partial charge in [-0.1, -0.05) is 29.8 Å². The molecule has 0 unspecified atom stereocenters. The summed E-state index contributed by atoms with van der Waals surface area (Å²) in [6, 6.07) is 8.94. The highest BCUT2D eigenvalue weighted by molar-refractivity contribution is 5.62. The van der Waals surface area contributed by atoms with Crippen molar-refractivity contribution in [2.45, 2.75) is 33.7 Å². The Bertz CT molecular complexity index is 478. The van der Waals surface area contributed by atoms with Crippen molar-refractivity contribution in [2.24, 2.45) is 0 Å². The van der Waals surface area contributed by atoms with E-state index in [9.17, 15) is 0 Å². The third-order valence-corrected chi connectivity index (χ3v) is 2.77.